The smallest absolute Gasteiger partial charge is 0.277 e. The third-order valence-electron chi connectivity index (χ3n) is 6.65. The number of hydrogen-bond acceptors (Lipinski definition) is 7. The first-order valence-corrected chi connectivity index (χ1v) is 12.2. The summed E-state index contributed by atoms with van der Waals surface area (Å²) >= 11 is 6.38. The molecule has 4 heterocycles. The van der Waals surface area contributed by atoms with Crippen LogP contribution in [0.2, 0.25) is 5.02 Å². The molecule has 0 radical (unpaired) electrons. The second kappa shape index (κ2) is 9.75. The van der Waals surface area contributed by atoms with Crippen molar-refractivity contribution in [3.05, 3.63) is 86.6 Å². The van der Waals surface area contributed by atoms with Gasteiger partial charge in [0.1, 0.15) is 34.5 Å². The van der Waals surface area contributed by atoms with Gasteiger partial charge >= 0.3 is 0 Å². The Morgan fingerprint density at radius 2 is 2.05 bits per heavy atom. The quantitative estimate of drug-likeness (QED) is 0.515. The monoisotopic (exact) mass is 527 g/mol. The predicted octanol–water partition coefficient (Wildman–Crippen LogP) is 4.20. The van der Waals surface area contributed by atoms with Crippen LogP contribution in [0.4, 0.5) is 8.78 Å². The van der Waals surface area contributed by atoms with Crippen molar-refractivity contribution in [2.45, 2.75) is 45.3 Å². The van der Waals surface area contributed by atoms with Crippen molar-refractivity contribution in [2.75, 3.05) is 6.54 Å². The number of aliphatic hydroxyl groups is 1. The molecule has 1 aliphatic carbocycles. The molecule has 1 N–H and O–H groups in total. The van der Waals surface area contributed by atoms with Crippen molar-refractivity contribution in [3.63, 3.8) is 0 Å². The van der Waals surface area contributed by atoms with Crippen molar-refractivity contribution >= 4 is 23.0 Å². The van der Waals surface area contributed by atoms with Gasteiger partial charge in [-0.25, -0.2) is 18.7 Å². The molecule has 1 fully saturated rings. The summed E-state index contributed by atoms with van der Waals surface area (Å²) in [5.74, 6) is -1.31. The van der Waals surface area contributed by atoms with Crippen LogP contribution in [-0.4, -0.2) is 36.9 Å². The molecule has 1 aliphatic heterocycles. The van der Waals surface area contributed by atoms with E-state index in [1.165, 1.54) is 4.57 Å². The highest BCUT2D eigenvalue weighted by Crippen LogP contribution is 2.39. The summed E-state index contributed by atoms with van der Waals surface area (Å²) in [6.45, 7) is 3.77. The molecule has 3 aromatic heterocycles. The number of nitrogens with zero attached hydrogens (tertiary/aromatic N) is 5. The molecule has 3 aromatic rings. The fourth-order valence-electron chi connectivity index (χ4n) is 4.36. The Bertz CT molecular complexity index is 1500. The lowest BCUT2D eigenvalue weighted by Crippen LogP contribution is -2.36. The second-order valence-corrected chi connectivity index (χ2v) is 9.70. The summed E-state index contributed by atoms with van der Waals surface area (Å²) in [6.07, 6.45) is 6.43. The molecule has 8 nitrogen and oxygen atoms in total. The summed E-state index contributed by atoms with van der Waals surface area (Å²) < 4.78 is 34.1. The van der Waals surface area contributed by atoms with E-state index in [9.17, 15) is 18.7 Å². The van der Waals surface area contributed by atoms with Gasteiger partial charge in [-0.15, -0.1) is 0 Å². The van der Waals surface area contributed by atoms with E-state index < -0.39 is 22.8 Å². The van der Waals surface area contributed by atoms with Crippen molar-refractivity contribution in [2.24, 2.45) is 10.9 Å². The Kier molecular flexibility index (Phi) is 6.63. The third-order valence-corrected chi connectivity index (χ3v) is 6.99. The number of halogens is 3. The van der Waals surface area contributed by atoms with Crippen LogP contribution in [-0.2, 0) is 12.2 Å². The lowest BCUT2D eigenvalue weighted by atomic mass is 9.79. The molecule has 0 bridgehead atoms. The van der Waals surface area contributed by atoms with E-state index in [0.717, 1.165) is 12.6 Å². The number of aliphatic imine (C=N–C) groups is 1. The molecule has 1 saturated carbocycles. The Labute approximate surface area is 216 Å². The number of dihydropyridines is 1. The first-order chi connectivity index (χ1) is 17.7. The molecule has 37 heavy (non-hydrogen) atoms. The largest absolute Gasteiger partial charge is 0.485 e. The zero-order valence-corrected chi connectivity index (χ0v) is 21.0. The lowest BCUT2D eigenvalue weighted by molar-refractivity contribution is -0.0467. The van der Waals surface area contributed by atoms with Gasteiger partial charge in [-0.05, 0) is 38.3 Å². The SMILES string of the molecule is Cc1cc(OCc2ncc(F)cc2F)c(Cl)c(=O)n1C1=CC(c2ccnc(C3(O)CCC3)n2)=NCC1C. The molecule has 1 unspecified atom stereocenters. The average Bonchev–Trinajstić information content (AvgIpc) is 2.86. The van der Waals surface area contributed by atoms with Gasteiger partial charge < -0.3 is 9.84 Å². The van der Waals surface area contributed by atoms with Crippen LogP contribution < -0.4 is 10.3 Å². The lowest BCUT2D eigenvalue weighted by Gasteiger charge is -2.34. The van der Waals surface area contributed by atoms with Crippen LogP contribution in [0.1, 0.15) is 49.1 Å². The maximum absolute atomic E-state index is 13.9. The van der Waals surface area contributed by atoms with Crippen LogP contribution in [0.25, 0.3) is 5.70 Å². The number of hydrogen-bond donors (Lipinski definition) is 1. The molecule has 2 aliphatic rings. The minimum atomic E-state index is -1.01. The third kappa shape index (κ3) is 4.78. The number of rotatable bonds is 6. The highest BCUT2D eigenvalue weighted by Gasteiger charge is 2.39. The normalized spacial score (nSPS) is 18.6. The summed E-state index contributed by atoms with van der Waals surface area (Å²) in [5.41, 5.74) is 0.725. The summed E-state index contributed by atoms with van der Waals surface area (Å²) in [5, 5.41) is 10.5. The van der Waals surface area contributed by atoms with Gasteiger partial charge in [0.2, 0.25) is 0 Å². The van der Waals surface area contributed by atoms with Crippen LogP contribution in [0.15, 0.2) is 46.5 Å². The molecule has 1 atom stereocenters. The Hall–Kier alpha value is -3.50. The van der Waals surface area contributed by atoms with Crippen LogP contribution in [0, 0.1) is 24.5 Å². The van der Waals surface area contributed by atoms with Gasteiger partial charge in [0.15, 0.2) is 11.6 Å². The van der Waals surface area contributed by atoms with Crippen molar-refractivity contribution in [1.82, 2.24) is 19.5 Å². The van der Waals surface area contributed by atoms with Gasteiger partial charge in [-0.3, -0.25) is 19.3 Å². The molecule has 0 amide bonds. The molecular weight excluding hydrogens is 504 g/mol. The van der Waals surface area contributed by atoms with E-state index in [1.807, 2.05) is 6.92 Å². The van der Waals surface area contributed by atoms with Crippen molar-refractivity contribution < 1.29 is 18.6 Å². The van der Waals surface area contributed by atoms with Gasteiger partial charge in [0, 0.05) is 42.2 Å². The highest BCUT2D eigenvalue weighted by atomic mass is 35.5. The molecule has 0 saturated heterocycles. The van der Waals surface area contributed by atoms with Gasteiger partial charge in [0.25, 0.3) is 5.56 Å². The highest BCUT2D eigenvalue weighted by molar-refractivity contribution is 6.31. The minimum Gasteiger partial charge on any atom is -0.485 e. The summed E-state index contributed by atoms with van der Waals surface area (Å²) in [6, 6.07) is 4.01. The molecule has 11 heteroatoms. The van der Waals surface area contributed by atoms with E-state index in [4.69, 9.17) is 16.3 Å². The van der Waals surface area contributed by atoms with E-state index in [-0.39, 0.29) is 29.0 Å². The summed E-state index contributed by atoms with van der Waals surface area (Å²) in [7, 11) is 0. The standard InChI is InChI=1S/C26H24ClF2N5O3/c1-14-11-31-19(18-4-7-30-25(33-18)26(36)5-3-6-26)10-21(14)34-15(2)8-22(23(27)24(34)35)37-13-20-17(29)9-16(28)12-32-20/h4,7-10,12,14,36H,3,5-6,11,13H2,1-2H3. The summed E-state index contributed by atoms with van der Waals surface area (Å²) in [4.78, 5) is 30.4. The average molecular weight is 528 g/mol. The van der Waals surface area contributed by atoms with E-state index in [0.29, 0.717) is 54.1 Å². The van der Waals surface area contributed by atoms with Gasteiger partial charge in [0.05, 0.1) is 17.6 Å². The Morgan fingerprint density at radius 1 is 1.27 bits per heavy atom. The van der Waals surface area contributed by atoms with Gasteiger partial charge in [-0.2, -0.15) is 0 Å². The molecule has 5 rings (SSSR count). The maximum atomic E-state index is 13.9. The number of allylic oxidation sites excluding steroid dienone is 1. The van der Waals surface area contributed by atoms with Crippen molar-refractivity contribution in [3.8, 4) is 5.75 Å². The van der Waals surface area contributed by atoms with E-state index >= 15 is 0 Å². The second-order valence-electron chi connectivity index (χ2n) is 9.32. The van der Waals surface area contributed by atoms with Crippen LogP contribution in [0.5, 0.6) is 5.75 Å². The fourth-order valence-corrected chi connectivity index (χ4v) is 4.55. The Balaban J connectivity index is 1.45. The van der Waals surface area contributed by atoms with Crippen LogP contribution in [0.3, 0.4) is 0 Å². The maximum Gasteiger partial charge on any atom is 0.277 e. The predicted molar refractivity (Wildman–Crippen MR) is 134 cm³/mol. The van der Waals surface area contributed by atoms with Crippen molar-refractivity contribution in [1.29, 1.82) is 0 Å². The zero-order valence-electron chi connectivity index (χ0n) is 20.2. The molecule has 0 spiro atoms. The number of aromatic nitrogens is 4. The molecule has 192 valence electrons. The molecule has 0 aromatic carbocycles. The van der Waals surface area contributed by atoms with E-state index in [1.54, 1.807) is 31.3 Å². The minimum absolute atomic E-state index is 0.0677. The molecular formula is C26H24ClF2N5O3. The topological polar surface area (TPSA) is 102 Å². The fraction of sp³-hybridized carbons (Fsp3) is 0.346. The first kappa shape index (κ1) is 25.2. The zero-order chi connectivity index (χ0) is 26.3. The van der Waals surface area contributed by atoms with Crippen LogP contribution >= 0.6 is 11.6 Å². The number of aryl methyl sites for hydroxylation is 1. The number of ether oxygens (including phenoxy) is 1. The van der Waals surface area contributed by atoms with E-state index in [2.05, 4.69) is 19.9 Å². The number of pyridine rings is 2. The van der Waals surface area contributed by atoms with Gasteiger partial charge in [-0.1, -0.05) is 18.5 Å². The Morgan fingerprint density at radius 3 is 2.76 bits per heavy atom. The first-order valence-electron chi connectivity index (χ1n) is 11.8.